The first-order valence-electron chi connectivity index (χ1n) is 4.64. The van der Waals surface area contributed by atoms with Crippen molar-refractivity contribution < 1.29 is 5.11 Å². The molecule has 1 aromatic rings. The molecule has 76 valence electrons. The van der Waals surface area contributed by atoms with E-state index in [1.807, 2.05) is 19.1 Å². The topological polar surface area (TPSA) is 45.1 Å². The van der Waals surface area contributed by atoms with E-state index in [0.717, 1.165) is 11.3 Å². The fraction of sp³-hybridized carbons (Fsp3) is 0.500. The van der Waals surface area contributed by atoms with Crippen LogP contribution in [0.25, 0.3) is 0 Å². The summed E-state index contributed by atoms with van der Waals surface area (Å²) < 4.78 is 0. The molecular formula is C10H13ClN2O. The Morgan fingerprint density at radius 1 is 1.57 bits per heavy atom. The van der Waals surface area contributed by atoms with Crippen molar-refractivity contribution in [2.24, 2.45) is 0 Å². The second kappa shape index (κ2) is 3.50. The Bertz CT molecular complexity index is 330. The van der Waals surface area contributed by atoms with Crippen molar-refractivity contribution in [1.82, 2.24) is 10.3 Å². The summed E-state index contributed by atoms with van der Waals surface area (Å²) in [5.74, 6) is 0. The molecule has 0 aliphatic carbocycles. The monoisotopic (exact) mass is 212 g/mol. The molecule has 3 nitrogen and oxygen atoms in total. The average molecular weight is 213 g/mol. The number of halogens is 1. The summed E-state index contributed by atoms with van der Waals surface area (Å²) in [6, 6.07) is 3.77. The molecule has 2 heterocycles. The van der Waals surface area contributed by atoms with Crippen LogP contribution in [0.15, 0.2) is 12.1 Å². The summed E-state index contributed by atoms with van der Waals surface area (Å²) >= 11 is 5.83. The number of pyridine rings is 1. The molecule has 1 aliphatic rings. The molecular weight excluding hydrogens is 200 g/mol. The molecule has 0 amide bonds. The lowest BCUT2D eigenvalue weighted by Gasteiger charge is -2.37. The van der Waals surface area contributed by atoms with E-state index in [-0.39, 0.29) is 0 Å². The number of aryl methyl sites for hydroxylation is 1. The first-order valence-corrected chi connectivity index (χ1v) is 5.01. The minimum absolute atomic E-state index is 0.496. The predicted octanol–water partition coefficient (Wildman–Crippen LogP) is 0.920. The third-order valence-corrected chi connectivity index (χ3v) is 2.62. The van der Waals surface area contributed by atoms with E-state index in [2.05, 4.69) is 10.3 Å². The molecule has 0 unspecified atom stereocenters. The van der Waals surface area contributed by atoms with E-state index >= 15 is 0 Å². The van der Waals surface area contributed by atoms with E-state index in [9.17, 15) is 5.11 Å². The molecule has 0 saturated carbocycles. The fourth-order valence-electron chi connectivity index (χ4n) is 1.72. The number of rotatable bonds is 2. The second-order valence-electron chi connectivity index (χ2n) is 3.94. The second-order valence-corrected chi connectivity index (χ2v) is 4.33. The van der Waals surface area contributed by atoms with Gasteiger partial charge in [-0.25, -0.2) is 4.98 Å². The van der Waals surface area contributed by atoms with Crippen LogP contribution in [0.1, 0.15) is 11.3 Å². The highest BCUT2D eigenvalue weighted by Crippen LogP contribution is 2.20. The van der Waals surface area contributed by atoms with Crippen LogP contribution >= 0.6 is 11.6 Å². The Balaban J connectivity index is 2.16. The molecule has 0 atom stereocenters. The van der Waals surface area contributed by atoms with E-state index < -0.39 is 5.60 Å². The predicted molar refractivity (Wildman–Crippen MR) is 55.5 cm³/mol. The van der Waals surface area contributed by atoms with Gasteiger partial charge in [-0.1, -0.05) is 11.6 Å². The Morgan fingerprint density at radius 2 is 2.29 bits per heavy atom. The molecule has 1 fully saturated rings. The van der Waals surface area contributed by atoms with Crippen LogP contribution in [-0.4, -0.2) is 28.8 Å². The number of hydrogen-bond donors (Lipinski definition) is 2. The summed E-state index contributed by atoms with van der Waals surface area (Å²) in [6.07, 6.45) is 0.642. The van der Waals surface area contributed by atoms with Crippen molar-refractivity contribution in [2.45, 2.75) is 18.9 Å². The summed E-state index contributed by atoms with van der Waals surface area (Å²) in [4.78, 5) is 4.08. The van der Waals surface area contributed by atoms with Crippen LogP contribution in [0.4, 0.5) is 0 Å². The van der Waals surface area contributed by atoms with E-state index in [4.69, 9.17) is 11.6 Å². The maximum absolute atomic E-state index is 9.92. The number of β-amino-alcohol motifs (C(OH)–C–C–N with tert-alkyl or cyclic N) is 1. The van der Waals surface area contributed by atoms with Crippen molar-refractivity contribution in [2.75, 3.05) is 13.1 Å². The van der Waals surface area contributed by atoms with Crippen LogP contribution in [0.2, 0.25) is 5.15 Å². The van der Waals surface area contributed by atoms with Gasteiger partial charge in [-0.15, -0.1) is 0 Å². The third-order valence-electron chi connectivity index (χ3n) is 2.42. The number of aliphatic hydroxyl groups is 1. The van der Waals surface area contributed by atoms with Gasteiger partial charge < -0.3 is 10.4 Å². The quantitative estimate of drug-likeness (QED) is 0.717. The summed E-state index contributed by atoms with van der Waals surface area (Å²) in [5.41, 5.74) is 1.35. The molecule has 14 heavy (non-hydrogen) atoms. The number of nitrogens with zero attached hydrogens (tertiary/aromatic N) is 1. The molecule has 2 N–H and O–H groups in total. The first-order chi connectivity index (χ1) is 6.57. The Labute approximate surface area is 88.1 Å². The molecule has 1 aromatic heterocycles. The van der Waals surface area contributed by atoms with Gasteiger partial charge in [-0.2, -0.15) is 0 Å². The lowest BCUT2D eigenvalue weighted by atomic mass is 9.89. The zero-order valence-electron chi connectivity index (χ0n) is 8.05. The first kappa shape index (κ1) is 9.90. The molecule has 1 saturated heterocycles. The van der Waals surface area contributed by atoms with E-state index in [1.54, 1.807) is 0 Å². The smallest absolute Gasteiger partial charge is 0.129 e. The van der Waals surface area contributed by atoms with Crippen molar-refractivity contribution in [3.63, 3.8) is 0 Å². The lowest BCUT2D eigenvalue weighted by Crippen LogP contribution is -2.60. The van der Waals surface area contributed by atoms with E-state index in [1.165, 1.54) is 0 Å². The standard InChI is InChI=1S/C10H13ClN2O/c1-7-2-8(3-9(11)13-7)4-10(14)5-12-6-10/h2-3,12,14H,4-6H2,1H3. The van der Waals surface area contributed by atoms with Gasteiger partial charge in [0.15, 0.2) is 0 Å². The highest BCUT2D eigenvalue weighted by molar-refractivity contribution is 6.29. The van der Waals surface area contributed by atoms with Crippen LogP contribution in [0.3, 0.4) is 0 Å². The molecule has 0 radical (unpaired) electrons. The van der Waals surface area contributed by atoms with Gasteiger partial charge in [0.25, 0.3) is 0 Å². The Hall–Kier alpha value is -0.640. The van der Waals surface area contributed by atoms with Crippen molar-refractivity contribution in [3.05, 3.63) is 28.5 Å². The molecule has 1 aliphatic heterocycles. The van der Waals surface area contributed by atoms with E-state index in [0.29, 0.717) is 24.7 Å². The maximum atomic E-state index is 9.92. The van der Waals surface area contributed by atoms with Crippen LogP contribution in [0.5, 0.6) is 0 Å². The molecule has 4 heteroatoms. The minimum atomic E-state index is -0.586. The molecule has 0 bridgehead atoms. The average Bonchev–Trinajstić information content (AvgIpc) is 1.99. The van der Waals surface area contributed by atoms with Gasteiger partial charge in [0.1, 0.15) is 5.15 Å². The zero-order chi connectivity index (χ0) is 10.2. The SMILES string of the molecule is Cc1cc(CC2(O)CNC2)cc(Cl)n1. The highest BCUT2D eigenvalue weighted by atomic mass is 35.5. The van der Waals surface area contributed by atoms with Gasteiger partial charge in [-0.3, -0.25) is 0 Å². The van der Waals surface area contributed by atoms with Crippen molar-refractivity contribution in [1.29, 1.82) is 0 Å². The molecule has 0 spiro atoms. The zero-order valence-corrected chi connectivity index (χ0v) is 8.80. The van der Waals surface area contributed by atoms with Gasteiger partial charge in [0.05, 0.1) is 5.60 Å². The summed E-state index contributed by atoms with van der Waals surface area (Å²) in [5, 5.41) is 13.5. The van der Waals surface area contributed by atoms with Gasteiger partial charge in [-0.05, 0) is 24.6 Å². The number of nitrogens with one attached hydrogen (secondary N) is 1. The van der Waals surface area contributed by atoms with Gasteiger partial charge in [0.2, 0.25) is 0 Å². The van der Waals surface area contributed by atoms with Crippen molar-refractivity contribution in [3.8, 4) is 0 Å². The summed E-state index contributed by atoms with van der Waals surface area (Å²) in [6.45, 7) is 3.22. The third kappa shape index (κ3) is 2.05. The summed E-state index contributed by atoms with van der Waals surface area (Å²) in [7, 11) is 0. The fourth-order valence-corrected chi connectivity index (χ4v) is 1.99. The lowest BCUT2D eigenvalue weighted by molar-refractivity contribution is -0.00903. The maximum Gasteiger partial charge on any atom is 0.129 e. The van der Waals surface area contributed by atoms with Crippen LogP contribution in [0, 0.1) is 6.92 Å². The highest BCUT2D eigenvalue weighted by Gasteiger charge is 2.34. The number of hydrogen-bond acceptors (Lipinski definition) is 3. The van der Waals surface area contributed by atoms with Gasteiger partial charge in [0, 0.05) is 25.2 Å². The minimum Gasteiger partial charge on any atom is -0.387 e. The number of aromatic nitrogens is 1. The Morgan fingerprint density at radius 3 is 2.79 bits per heavy atom. The molecule has 2 rings (SSSR count). The van der Waals surface area contributed by atoms with Crippen molar-refractivity contribution >= 4 is 11.6 Å². The Kier molecular flexibility index (Phi) is 2.47. The van der Waals surface area contributed by atoms with Crippen LogP contribution in [-0.2, 0) is 6.42 Å². The normalized spacial score (nSPS) is 19.1. The van der Waals surface area contributed by atoms with Crippen LogP contribution < -0.4 is 5.32 Å². The largest absolute Gasteiger partial charge is 0.387 e. The van der Waals surface area contributed by atoms with Gasteiger partial charge >= 0.3 is 0 Å². The molecule has 0 aromatic carbocycles.